The number of ketones is 1. The second-order valence-electron chi connectivity index (χ2n) is 4.43. The van der Waals surface area contributed by atoms with Gasteiger partial charge in [0.05, 0.1) is 10.5 Å². The zero-order valence-electron chi connectivity index (χ0n) is 11.3. The summed E-state index contributed by atoms with van der Waals surface area (Å²) in [6, 6.07) is 11.4. The molecule has 0 spiro atoms. The Bertz CT molecular complexity index is 827. The quantitative estimate of drug-likeness (QED) is 0.833. The van der Waals surface area contributed by atoms with Gasteiger partial charge >= 0.3 is 0 Å². The first kappa shape index (κ1) is 15.9. The lowest BCUT2D eigenvalue weighted by molar-refractivity contribution is 0.0998. The molecule has 3 N–H and O–H groups in total. The molecule has 0 bridgehead atoms. The molecular weight excluding hydrogens is 304 g/mol. The van der Waals surface area contributed by atoms with Gasteiger partial charge in [-0.2, -0.15) is 0 Å². The standard InChI is InChI=1S/C15H12N2O4S/c1-10(18)13-4-2-3-5-14(13)15(19)17-11-6-8-12(9-7-11)22(16,20)21/h1-9H,(H,17,19)(H2,16,20,21). The number of rotatable bonds is 4. The van der Waals surface area contributed by atoms with E-state index in [9.17, 15) is 18.0 Å². The molecule has 7 heteroatoms. The summed E-state index contributed by atoms with van der Waals surface area (Å²) >= 11 is 0. The molecule has 0 aliphatic heterocycles. The number of nitrogens with two attached hydrogens (primary N) is 1. The van der Waals surface area contributed by atoms with Crippen LogP contribution in [0.4, 0.5) is 5.69 Å². The van der Waals surface area contributed by atoms with Crippen LogP contribution >= 0.6 is 0 Å². The largest absolute Gasteiger partial charge is 0.322 e. The number of hydrogen-bond acceptors (Lipinski definition) is 4. The molecule has 1 amide bonds. The maximum Gasteiger partial charge on any atom is 0.256 e. The molecule has 0 aliphatic rings. The summed E-state index contributed by atoms with van der Waals surface area (Å²) in [5.41, 5.74) is 0.586. The Morgan fingerprint density at radius 1 is 0.955 bits per heavy atom. The summed E-state index contributed by atoms with van der Waals surface area (Å²) in [7, 11) is -3.79. The fourth-order valence-electron chi connectivity index (χ4n) is 1.82. The number of carbonyl (C=O) groups is 2. The molecule has 0 aliphatic carbocycles. The second kappa shape index (κ2) is 6.08. The third-order valence-electron chi connectivity index (χ3n) is 2.88. The van der Waals surface area contributed by atoms with Crippen LogP contribution in [0.15, 0.2) is 53.4 Å². The van der Waals surface area contributed by atoms with Crippen molar-refractivity contribution < 1.29 is 18.0 Å². The number of Topliss-reactive ketones (excluding diaryl/α,β-unsaturated/α-hetero) is 1. The van der Waals surface area contributed by atoms with E-state index in [2.05, 4.69) is 5.32 Å². The van der Waals surface area contributed by atoms with Crippen molar-refractivity contribution in [1.29, 1.82) is 0 Å². The third kappa shape index (κ3) is 3.57. The van der Waals surface area contributed by atoms with E-state index in [-0.39, 0.29) is 16.0 Å². The van der Waals surface area contributed by atoms with E-state index in [0.717, 1.165) is 0 Å². The Kier molecular flexibility index (Phi) is 4.39. The average molecular weight is 316 g/mol. The van der Waals surface area contributed by atoms with Gasteiger partial charge in [0.25, 0.3) is 5.91 Å². The Morgan fingerprint density at radius 2 is 1.50 bits per heavy atom. The van der Waals surface area contributed by atoms with Gasteiger partial charge in [0, 0.05) is 18.2 Å². The van der Waals surface area contributed by atoms with Gasteiger partial charge in [0.15, 0.2) is 5.78 Å². The maximum absolute atomic E-state index is 12.2. The molecule has 0 saturated carbocycles. The van der Waals surface area contributed by atoms with Crippen LogP contribution in [-0.2, 0) is 10.0 Å². The smallest absolute Gasteiger partial charge is 0.256 e. The van der Waals surface area contributed by atoms with E-state index in [1.807, 2.05) is 0 Å². The minimum Gasteiger partial charge on any atom is -0.322 e. The summed E-state index contributed by atoms with van der Waals surface area (Å²) in [5, 5.41) is 7.54. The van der Waals surface area contributed by atoms with E-state index in [4.69, 9.17) is 12.1 Å². The molecule has 0 fully saturated rings. The van der Waals surface area contributed by atoms with Gasteiger partial charge in [-0.3, -0.25) is 9.59 Å². The van der Waals surface area contributed by atoms with Crippen molar-refractivity contribution in [2.45, 2.75) is 4.90 Å². The number of hydrogen-bond donors (Lipinski definition) is 2. The lowest BCUT2D eigenvalue weighted by atomic mass is 10.0. The monoisotopic (exact) mass is 316 g/mol. The molecule has 0 aromatic heterocycles. The van der Waals surface area contributed by atoms with E-state index in [1.54, 1.807) is 12.1 Å². The molecule has 0 heterocycles. The number of nitrogens with one attached hydrogen (secondary N) is 1. The van der Waals surface area contributed by atoms with Crippen LogP contribution in [0.1, 0.15) is 20.7 Å². The van der Waals surface area contributed by atoms with Gasteiger partial charge in [-0.1, -0.05) is 18.2 Å². The van der Waals surface area contributed by atoms with Crippen LogP contribution in [0.3, 0.4) is 0 Å². The van der Waals surface area contributed by atoms with Crippen LogP contribution in [-0.4, -0.2) is 20.1 Å². The fourth-order valence-corrected chi connectivity index (χ4v) is 2.34. The molecule has 0 unspecified atom stereocenters. The van der Waals surface area contributed by atoms with Gasteiger partial charge < -0.3 is 5.32 Å². The highest BCUT2D eigenvalue weighted by atomic mass is 32.2. The molecule has 6 nitrogen and oxygen atoms in total. The molecular formula is C15H12N2O4S. The van der Waals surface area contributed by atoms with Gasteiger partial charge in [-0.15, -0.1) is 0 Å². The second-order valence-corrected chi connectivity index (χ2v) is 5.99. The van der Waals surface area contributed by atoms with Crippen LogP contribution in [0, 0.1) is 6.92 Å². The first-order valence-electron chi connectivity index (χ1n) is 6.12. The molecule has 2 radical (unpaired) electrons. The van der Waals surface area contributed by atoms with Crippen molar-refractivity contribution in [1.82, 2.24) is 0 Å². The Hall–Kier alpha value is -2.51. The van der Waals surface area contributed by atoms with E-state index >= 15 is 0 Å². The fraction of sp³-hybridized carbons (Fsp3) is 0. The molecule has 0 saturated heterocycles. The number of benzene rings is 2. The van der Waals surface area contributed by atoms with E-state index in [0.29, 0.717) is 5.69 Å². The van der Waals surface area contributed by atoms with Crippen LogP contribution in [0.2, 0.25) is 0 Å². The van der Waals surface area contributed by atoms with Gasteiger partial charge in [-0.25, -0.2) is 13.6 Å². The van der Waals surface area contributed by atoms with Gasteiger partial charge in [-0.05, 0) is 30.3 Å². The summed E-state index contributed by atoms with van der Waals surface area (Å²) in [6.07, 6.45) is 0. The van der Waals surface area contributed by atoms with Crippen molar-refractivity contribution >= 4 is 27.4 Å². The first-order valence-corrected chi connectivity index (χ1v) is 7.67. The van der Waals surface area contributed by atoms with Crippen LogP contribution in [0.5, 0.6) is 0 Å². The van der Waals surface area contributed by atoms with Crippen LogP contribution in [0.25, 0.3) is 0 Å². The Morgan fingerprint density at radius 3 is 2.00 bits per heavy atom. The van der Waals surface area contributed by atoms with Crippen molar-refractivity contribution in [3.63, 3.8) is 0 Å². The summed E-state index contributed by atoms with van der Waals surface area (Å²) in [6.45, 7) is 5.21. The zero-order chi connectivity index (χ0) is 16.3. The molecule has 22 heavy (non-hydrogen) atoms. The highest BCUT2D eigenvalue weighted by Crippen LogP contribution is 2.16. The minimum atomic E-state index is -3.79. The SMILES string of the molecule is [CH]C(=O)c1ccccc1C(=O)Nc1ccc(S(N)(=O)=O)cc1. The summed E-state index contributed by atoms with van der Waals surface area (Å²) in [5.74, 6) is -1.24. The van der Waals surface area contributed by atoms with Gasteiger partial charge in [0.2, 0.25) is 10.0 Å². The zero-order valence-corrected chi connectivity index (χ0v) is 12.1. The molecule has 112 valence electrons. The highest BCUT2D eigenvalue weighted by molar-refractivity contribution is 7.89. The first-order chi connectivity index (χ1) is 10.3. The Labute approximate surface area is 128 Å². The minimum absolute atomic E-state index is 0.0666. The Balaban J connectivity index is 2.25. The average Bonchev–Trinajstić information content (AvgIpc) is 2.46. The van der Waals surface area contributed by atoms with Crippen molar-refractivity contribution in [3.05, 3.63) is 66.6 Å². The summed E-state index contributed by atoms with van der Waals surface area (Å²) < 4.78 is 22.3. The van der Waals surface area contributed by atoms with Crippen molar-refractivity contribution in [2.24, 2.45) is 5.14 Å². The third-order valence-corrected chi connectivity index (χ3v) is 3.81. The maximum atomic E-state index is 12.2. The lowest BCUT2D eigenvalue weighted by Gasteiger charge is -2.08. The lowest BCUT2D eigenvalue weighted by Crippen LogP contribution is -2.16. The van der Waals surface area contributed by atoms with Crippen molar-refractivity contribution in [2.75, 3.05) is 5.32 Å². The van der Waals surface area contributed by atoms with Gasteiger partial charge in [0.1, 0.15) is 0 Å². The number of anilines is 1. The summed E-state index contributed by atoms with van der Waals surface area (Å²) in [4.78, 5) is 23.4. The van der Waals surface area contributed by atoms with E-state index < -0.39 is 21.7 Å². The van der Waals surface area contributed by atoms with Crippen LogP contribution < -0.4 is 10.5 Å². The van der Waals surface area contributed by atoms with Crippen molar-refractivity contribution in [3.8, 4) is 0 Å². The highest BCUT2D eigenvalue weighted by Gasteiger charge is 2.14. The van der Waals surface area contributed by atoms with E-state index in [1.165, 1.54) is 36.4 Å². The molecule has 2 rings (SSSR count). The molecule has 2 aromatic carbocycles. The predicted molar refractivity (Wildman–Crippen MR) is 80.8 cm³/mol. The molecule has 2 aromatic rings. The number of sulfonamides is 1. The number of primary sulfonamides is 1. The normalized spacial score (nSPS) is 11.0. The predicted octanol–water partition coefficient (Wildman–Crippen LogP) is 1.48. The number of amides is 1. The molecule has 0 atom stereocenters. The topological polar surface area (TPSA) is 106 Å². The number of carbonyl (C=O) groups excluding carboxylic acids is 2.